The molecule has 0 aromatic heterocycles. The van der Waals surface area contributed by atoms with E-state index in [1.807, 2.05) is 44.2 Å². The molecule has 9 heteroatoms. The Morgan fingerprint density at radius 3 is 2.35 bits per heavy atom. The predicted octanol–water partition coefficient (Wildman–Crippen LogP) is 4.58. The molecule has 0 saturated carbocycles. The first-order valence-electron chi connectivity index (χ1n) is 12.0. The lowest BCUT2D eigenvalue weighted by Crippen LogP contribution is -2.47. The van der Waals surface area contributed by atoms with Crippen LogP contribution in [0.25, 0.3) is 0 Å². The first kappa shape index (κ1) is 26.6. The maximum atomic E-state index is 13.8. The second-order valence-electron chi connectivity index (χ2n) is 9.03. The van der Waals surface area contributed by atoms with Crippen molar-refractivity contribution in [2.24, 2.45) is 10.9 Å². The monoisotopic (exact) mass is 537 g/mol. The van der Waals surface area contributed by atoms with Crippen LogP contribution in [0.5, 0.6) is 0 Å². The summed E-state index contributed by atoms with van der Waals surface area (Å²) in [6.45, 7) is 3.42. The topological polar surface area (TPSA) is 95.9 Å². The van der Waals surface area contributed by atoms with E-state index in [-0.39, 0.29) is 17.6 Å². The Bertz CT molecular complexity index is 1430. The largest absolute Gasteiger partial charge is 0.300 e. The second-order valence-corrected chi connectivity index (χ2v) is 11.2. The van der Waals surface area contributed by atoms with Crippen LogP contribution in [0.1, 0.15) is 37.0 Å². The molecule has 0 aliphatic carbocycles. The molecule has 1 heterocycles. The van der Waals surface area contributed by atoms with Gasteiger partial charge < -0.3 is 4.90 Å². The van der Waals surface area contributed by atoms with Crippen molar-refractivity contribution >= 4 is 44.8 Å². The van der Waals surface area contributed by atoms with Crippen LogP contribution in [0.2, 0.25) is 5.02 Å². The summed E-state index contributed by atoms with van der Waals surface area (Å²) in [5.41, 5.74) is 2.99. The number of benzene rings is 3. The van der Waals surface area contributed by atoms with Crippen molar-refractivity contribution in [2.75, 3.05) is 11.4 Å². The normalized spacial score (nSPS) is 16.4. The summed E-state index contributed by atoms with van der Waals surface area (Å²) in [6.07, 6.45) is 0.685. The van der Waals surface area contributed by atoms with Gasteiger partial charge in [-0.15, -0.1) is 0 Å². The van der Waals surface area contributed by atoms with E-state index in [4.69, 9.17) is 16.6 Å². The van der Waals surface area contributed by atoms with E-state index in [2.05, 4.69) is 4.72 Å². The standard InChI is InChI=1S/C28H28ClN3O4S/c1-3-19(2)26-28(34)32(17-25(33)31-37(35,36)18-20-10-6-4-7-11-20)24-15-14-22(29)16-23(24)27(30-26)21-12-8-5-9-13-21/h4-16,19,26H,3,17-18H2,1-2H3,(H,31,33)/t19?,26-/m0/s1. The average Bonchev–Trinajstić information content (AvgIpc) is 2.98. The van der Waals surface area contributed by atoms with Crippen LogP contribution in [0.3, 0.4) is 0 Å². The minimum atomic E-state index is -3.97. The number of benzodiazepines with no additional fused rings is 1. The number of fused-ring (bicyclic) bond motifs is 1. The minimum absolute atomic E-state index is 0.122. The first-order chi connectivity index (χ1) is 17.7. The summed E-state index contributed by atoms with van der Waals surface area (Å²) in [5.74, 6) is -1.66. The van der Waals surface area contributed by atoms with Crippen molar-refractivity contribution in [1.29, 1.82) is 0 Å². The molecule has 7 nitrogen and oxygen atoms in total. The van der Waals surface area contributed by atoms with Crippen molar-refractivity contribution in [3.05, 3.63) is 101 Å². The number of aliphatic imine (C=N–C) groups is 1. The Kier molecular flexibility index (Phi) is 8.10. The fraction of sp³-hybridized carbons (Fsp3) is 0.250. The highest BCUT2D eigenvalue weighted by molar-refractivity contribution is 7.89. The Morgan fingerprint density at radius 1 is 1.05 bits per heavy atom. The van der Waals surface area contributed by atoms with Gasteiger partial charge in [0.15, 0.2) is 0 Å². The van der Waals surface area contributed by atoms with Crippen LogP contribution in [0, 0.1) is 5.92 Å². The van der Waals surface area contributed by atoms with Crippen molar-refractivity contribution in [2.45, 2.75) is 32.1 Å². The highest BCUT2D eigenvalue weighted by Gasteiger charge is 2.36. The van der Waals surface area contributed by atoms with Gasteiger partial charge in [-0.2, -0.15) is 0 Å². The molecule has 2 amide bonds. The van der Waals surface area contributed by atoms with Crippen LogP contribution < -0.4 is 9.62 Å². The number of nitrogens with one attached hydrogen (secondary N) is 1. The number of nitrogens with zero attached hydrogens (tertiary/aromatic N) is 2. The summed E-state index contributed by atoms with van der Waals surface area (Å²) < 4.78 is 27.5. The molecule has 0 bridgehead atoms. The Balaban J connectivity index is 1.71. The number of halogens is 1. The Hall–Kier alpha value is -3.49. The molecule has 1 aliphatic heterocycles. The number of hydrogen-bond donors (Lipinski definition) is 1. The first-order valence-corrected chi connectivity index (χ1v) is 14.0. The summed E-state index contributed by atoms with van der Waals surface area (Å²) in [6, 6.07) is 22.3. The lowest BCUT2D eigenvalue weighted by molar-refractivity contribution is -0.124. The van der Waals surface area contributed by atoms with E-state index in [1.165, 1.54) is 4.90 Å². The van der Waals surface area contributed by atoms with E-state index in [1.54, 1.807) is 48.5 Å². The molecule has 0 fully saturated rings. The van der Waals surface area contributed by atoms with Gasteiger partial charge in [-0.1, -0.05) is 92.5 Å². The van der Waals surface area contributed by atoms with Gasteiger partial charge in [0, 0.05) is 16.1 Å². The van der Waals surface area contributed by atoms with Gasteiger partial charge in [0.05, 0.1) is 17.2 Å². The zero-order chi connectivity index (χ0) is 26.6. The van der Waals surface area contributed by atoms with E-state index >= 15 is 0 Å². The van der Waals surface area contributed by atoms with Gasteiger partial charge in [0.1, 0.15) is 12.6 Å². The lowest BCUT2D eigenvalue weighted by Gasteiger charge is -2.26. The van der Waals surface area contributed by atoms with Gasteiger partial charge in [0.25, 0.3) is 11.8 Å². The summed E-state index contributed by atoms with van der Waals surface area (Å²) in [4.78, 5) is 33.0. The van der Waals surface area contributed by atoms with Crippen LogP contribution in [0.15, 0.2) is 83.9 Å². The number of amides is 2. The molecule has 0 spiro atoms. The van der Waals surface area contributed by atoms with Crippen molar-refractivity contribution in [1.82, 2.24) is 4.72 Å². The number of sulfonamides is 1. The van der Waals surface area contributed by atoms with Crippen LogP contribution in [0.4, 0.5) is 5.69 Å². The van der Waals surface area contributed by atoms with Gasteiger partial charge >= 0.3 is 0 Å². The number of anilines is 1. The molecule has 1 N–H and O–H groups in total. The van der Waals surface area contributed by atoms with E-state index in [0.717, 1.165) is 5.56 Å². The summed E-state index contributed by atoms with van der Waals surface area (Å²) in [7, 11) is -3.97. The van der Waals surface area contributed by atoms with E-state index in [0.29, 0.717) is 34.0 Å². The Labute approximate surface area is 222 Å². The number of hydrogen-bond acceptors (Lipinski definition) is 5. The highest BCUT2D eigenvalue weighted by Crippen LogP contribution is 2.33. The summed E-state index contributed by atoms with van der Waals surface area (Å²) in [5, 5.41) is 0.451. The smallest absolute Gasteiger partial charge is 0.253 e. The minimum Gasteiger partial charge on any atom is -0.300 e. The molecule has 3 aromatic rings. The zero-order valence-electron chi connectivity index (χ0n) is 20.6. The highest BCUT2D eigenvalue weighted by atomic mass is 35.5. The predicted molar refractivity (Wildman–Crippen MR) is 146 cm³/mol. The quantitative estimate of drug-likeness (QED) is 0.455. The van der Waals surface area contributed by atoms with Crippen molar-refractivity contribution < 1.29 is 18.0 Å². The van der Waals surface area contributed by atoms with Crippen LogP contribution >= 0.6 is 11.6 Å². The number of carbonyl (C=O) groups is 2. The van der Waals surface area contributed by atoms with Crippen molar-refractivity contribution in [3.63, 3.8) is 0 Å². The number of carbonyl (C=O) groups excluding carboxylic acids is 2. The third-order valence-electron chi connectivity index (χ3n) is 6.29. The Morgan fingerprint density at radius 2 is 1.70 bits per heavy atom. The third kappa shape index (κ3) is 6.26. The van der Waals surface area contributed by atoms with Gasteiger partial charge in [-0.25, -0.2) is 8.42 Å². The molecular formula is C28H28ClN3O4S. The molecule has 4 rings (SSSR count). The molecule has 1 aliphatic rings. The average molecular weight is 538 g/mol. The fourth-order valence-electron chi connectivity index (χ4n) is 4.24. The van der Waals surface area contributed by atoms with Crippen LogP contribution in [-0.4, -0.2) is 38.5 Å². The van der Waals surface area contributed by atoms with Crippen LogP contribution in [-0.2, 0) is 25.4 Å². The second kappa shape index (κ2) is 11.3. The zero-order valence-corrected chi connectivity index (χ0v) is 22.2. The number of rotatable bonds is 8. The SMILES string of the molecule is CCC(C)[C@@H]1N=C(c2ccccc2)c2cc(Cl)ccc2N(CC(=O)NS(=O)(=O)Cc2ccccc2)C1=O. The molecule has 3 aromatic carbocycles. The molecule has 1 unspecified atom stereocenters. The van der Waals surface area contributed by atoms with E-state index < -0.39 is 28.5 Å². The lowest BCUT2D eigenvalue weighted by atomic mass is 9.98. The van der Waals surface area contributed by atoms with Gasteiger partial charge in [-0.05, 0) is 29.7 Å². The van der Waals surface area contributed by atoms with Crippen molar-refractivity contribution in [3.8, 4) is 0 Å². The van der Waals surface area contributed by atoms with Gasteiger partial charge in [0.2, 0.25) is 10.0 Å². The molecule has 192 valence electrons. The summed E-state index contributed by atoms with van der Waals surface area (Å²) >= 11 is 6.35. The maximum Gasteiger partial charge on any atom is 0.253 e. The molecule has 0 radical (unpaired) electrons. The fourth-order valence-corrected chi connectivity index (χ4v) is 5.52. The van der Waals surface area contributed by atoms with Gasteiger partial charge in [-0.3, -0.25) is 19.3 Å². The molecular weight excluding hydrogens is 510 g/mol. The molecule has 2 atom stereocenters. The molecule has 37 heavy (non-hydrogen) atoms. The maximum absolute atomic E-state index is 13.8. The third-order valence-corrected chi connectivity index (χ3v) is 7.78. The van der Waals surface area contributed by atoms with E-state index in [9.17, 15) is 18.0 Å². The molecule has 0 saturated heterocycles.